The molecule has 3 aromatic heterocycles. The molecule has 0 saturated carbocycles. The third kappa shape index (κ3) is 4.02. The Morgan fingerprint density at radius 3 is 1.43 bits per heavy atom. The van der Waals surface area contributed by atoms with Gasteiger partial charge in [0.05, 0.1) is 22.4 Å². The predicted octanol–water partition coefficient (Wildman–Crippen LogP) is 13.4. The highest BCUT2D eigenvalue weighted by Crippen LogP contribution is 2.49. The second-order valence-corrected chi connectivity index (χ2v) is 14.0. The zero-order chi connectivity index (χ0) is 35.3. The van der Waals surface area contributed by atoms with Gasteiger partial charge in [-0.3, -0.25) is 4.57 Å². The molecule has 250 valence electrons. The zero-order valence-corrected chi connectivity index (χ0v) is 29.0. The molecule has 0 saturated heterocycles. The summed E-state index contributed by atoms with van der Waals surface area (Å²) in [5.74, 6) is 0.626. The van der Waals surface area contributed by atoms with E-state index < -0.39 is 0 Å². The maximum atomic E-state index is 7.12. The third-order valence-electron chi connectivity index (χ3n) is 11.2. The van der Waals surface area contributed by atoms with Gasteiger partial charge in [0.2, 0.25) is 5.95 Å². The molecule has 12 rings (SSSR count). The number of benzene rings is 9. The van der Waals surface area contributed by atoms with Crippen LogP contribution < -0.4 is 0 Å². The Morgan fingerprint density at radius 1 is 0.352 bits per heavy atom. The lowest BCUT2D eigenvalue weighted by molar-refractivity contribution is 0.673. The highest BCUT2D eigenvalue weighted by molar-refractivity contribution is 6.43. The van der Waals surface area contributed by atoms with E-state index in [-0.39, 0.29) is 0 Å². The van der Waals surface area contributed by atoms with Gasteiger partial charge in [-0.05, 0) is 56.6 Å². The Balaban J connectivity index is 1.27. The number of para-hydroxylation sites is 1. The molecule has 0 bridgehead atoms. The van der Waals surface area contributed by atoms with Crippen molar-refractivity contribution in [2.45, 2.75) is 0 Å². The average Bonchev–Trinajstić information content (AvgIpc) is 3.80. The van der Waals surface area contributed by atoms with Gasteiger partial charge < -0.3 is 4.42 Å². The van der Waals surface area contributed by atoms with E-state index in [0.717, 1.165) is 71.6 Å². The van der Waals surface area contributed by atoms with Crippen LogP contribution in [0.2, 0.25) is 0 Å². The van der Waals surface area contributed by atoms with Crippen LogP contribution in [0.3, 0.4) is 0 Å². The molecule has 0 unspecified atom stereocenters. The van der Waals surface area contributed by atoms with Crippen molar-refractivity contribution in [2.24, 2.45) is 0 Å². The van der Waals surface area contributed by atoms with Crippen molar-refractivity contribution >= 4 is 86.8 Å². The van der Waals surface area contributed by atoms with Crippen molar-refractivity contribution in [2.75, 3.05) is 0 Å². The summed E-state index contributed by atoms with van der Waals surface area (Å²) in [4.78, 5) is 10.6. The van der Waals surface area contributed by atoms with Crippen molar-refractivity contribution in [1.29, 1.82) is 0 Å². The number of hydrogen-bond donors (Lipinski definition) is 0. The van der Waals surface area contributed by atoms with E-state index in [2.05, 4.69) is 168 Å². The van der Waals surface area contributed by atoms with Crippen LogP contribution in [-0.4, -0.2) is 14.5 Å². The number of fused-ring (bicyclic) bond motifs is 17. The summed E-state index contributed by atoms with van der Waals surface area (Å²) < 4.78 is 9.35. The number of rotatable bonds is 3. The number of aromatic nitrogens is 3. The topological polar surface area (TPSA) is 43.9 Å². The Hall–Kier alpha value is -7.30. The van der Waals surface area contributed by atoms with Crippen molar-refractivity contribution in [3.8, 4) is 28.5 Å². The Labute approximate surface area is 309 Å². The summed E-state index contributed by atoms with van der Waals surface area (Å²) in [5, 5.41) is 14.2. The first kappa shape index (κ1) is 29.3. The minimum Gasteiger partial charge on any atom is -0.455 e. The molecule has 9 aromatic carbocycles. The molecule has 4 nitrogen and oxygen atoms in total. The number of hydrogen-bond acceptors (Lipinski definition) is 3. The third-order valence-corrected chi connectivity index (χ3v) is 11.2. The maximum absolute atomic E-state index is 7.12. The van der Waals surface area contributed by atoms with Crippen LogP contribution in [0.25, 0.3) is 115 Å². The van der Waals surface area contributed by atoms with Gasteiger partial charge in [0.1, 0.15) is 11.2 Å². The molecule has 54 heavy (non-hydrogen) atoms. The van der Waals surface area contributed by atoms with Crippen LogP contribution >= 0.6 is 0 Å². The first-order valence-electron chi connectivity index (χ1n) is 18.3. The highest BCUT2D eigenvalue weighted by Gasteiger charge is 2.25. The van der Waals surface area contributed by atoms with Crippen LogP contribution in [0.5, 0.6) is 0 Å². The molecule has 0 radical (unpaired) electrons. The van der Waals surface area contributed by atoms with Crippen molar-refractivity contribution in [3.63, 3.8) is 0 Å². The smallest absolute Gasteiger partial charge is 0.235 e. The first-order valence-corrected chi connectivity index (χ1v) is 18.3. The van der Waals surface area contributed by atoms with Crippen molar-refractivity contribution in [1.82, 2.24) is 14.5 Å². The summed E-state index contributed by atoms with van der Waals surface area (Å²) >= 11 is 0. The summed E-state index contributed by atoms with van der Waals surface area (Å²) in [6, 6.07) is 62.1. The van der Waals surface area contributed by atoms with Gasteiger partial charge in [-0.25, -0.2) is 9.97 Å². The molecule has 0 aliphatic carbocycles. The van der Waals surface area contributed by atoms with Gasteiger partial charge in [-0.2, -0.15) is 0 Å². The minimum atomic E-state index is 0.626. The lowest BCUT2D eigenvalue weighted by Crippen LogP contribution is -2.03. The van der Waals surface area contributed by atoms with E-state index in [9.17, 15) is 0 Å². The predicted molar refractivity (Wildman–Crippen MR) is 225 cm³/mol. The molecule has 0 spiro atoms. The van der Waals surface area contributed by atoms with E-state index in [1.807, 2.05) is 12.1 Å². The molecule has 0 atom stereocenters. The fraction of sp³-hybridized carbons (Fsp3) is 0. The zero-order valence-electron chi connectivity index (χ0n) is 29.0. The molecule has 12 aromatic rings. The standard InChI is InChI=1S/C50H29N3O/c1-3-15-30(16-4-1)39-29-40(31-17-5-2-6-18-31)52-50(51-39)53-41-26-14-13-25-38(41)45-42(53)27-28-43-48(45)47-37-24-12-11-23-36(37)44-34-21-9-7-19-32(34)33-20-8-10-22-35(33)46(44)49(47)54-43/h1-29H. The van der Waals surface area contributed by atoms with Gasteiger partial charge in [0.25, 0.3) is 0 Å². The minimum absolute atomic E-state index is 0.626. The van der Waals surface area contributed by atoms with Crippen molar-refractivity contribution in [3.05, 3.63) is 176 Å². The Morgan fingerprint density at radius 2 is 0.815 bits per heavy atom. The Kier molecular flexibility index (Phi) is 6.02. The van der Waals surface area contributed by atoms with E-state index >= 15 is 0 Å². The molecule has 0 N–H and O–H groups in total. The second-order valence-electron chi connectivity index (χ2n) is 14.0. The largest absolute Gasteiger partial charge is 0.455 e. The monoisotopic (exact) mass is 687 g/mol. The SMILES string of the molecule is c1ccc(-c2cc(-c3ccccc3)nc(-n3c4ccccc4c4c5c(ccc43)oc3c4c6ccccc6c6ccccc6c4c4ccccc4c35)n2)cc1. The molecule has 4 heteroatoms. The molecule has 0 fully saturated rings. The molecular formula is C50H29N3O. The van der Waals surface area contributed by atoms with Crippen LogP contribution in [0.15, 0.2) is 180 Å². The van der Waals surface area contributed by atoms with Gasteiger partial charge in [0, 0.05) is 43.4 Å². The van der Waals surface area contributed by atoms with Gasteiger partial charge >= 0.3 is 0 Å². The summed E-state index contributed by atoms with van der Waals surface area (Å²) in [7, 11) is 0. The van der Waals surface area contributed by atoms with Crippen LogP contribution in [0.1, 0.15) is 0 Å². The van der Waals surface area contributed by atoms with E-state index in [1.54, 1.807) is 0 Å². The van der Waals surface area contributed by atoms with E-state index in [0.29, 0.717) is 5.95 Å². The van der Waals surface area contributed by atoms with Gasteiger partial charge in [-0.1, -0.05) is 152 Å². The van der Waals surface area contributed by atoms with Crippen molar-refractivity contribution < 1.29 is 4.42 Å². The molecular weight excluding hydrogens is 659 g/mol. The summed E-state index contributed by atoms with van der Waals surface area (Å²) in [6.45, 7) is 0. The lowest BCUT2D eigenvalue weighted by Gasteiger charge is -2.14. The fourth-order valence-corrected chi connectivity index (χ4v) is 8.92. The molecule has 0 aliphatic heterocycles. The number of furan rings is 1. The van der Waals surface area contributed by atoms with E-state index in [4.69, 9.17) is 14.4 Å². The summed E-state index contributed by atoms with van der Waals surface area (Å²) in [6.07, 6.45) is 0. The molecule has 0 aliphatic rings. The lowest BCUT2D eigenvalue weighted by atomic mass is 9.89. The fourth-order valence-electron chi connectivity index (χ4n) is 8.92. The van der Waals surface area contributed by atoms with Crippen LogP contribution in [0, 0.1) is 0 Å². The van der Waals surface area contributed by atoms with Crippen LogP contribution in [0.4, 0.5) is 0 Å². The average molecular weight is 688 g/mol. The summed E-state index contributed by atoms with van der Waals surface area (Å²) in [5.41, 5.74) is 7.68. The molecule has 3 heterocycles. The van der Waals surface area contributed by atoms with Gasteiger partial charge in [-0.15, -0.1) is 0 Å². The Bertz CT molecular complexity index is 3430. The van der Waals surface area contributed by atoms with E-state index in [1.165, 1.54) is 37.7 Å². The first-order chi connectivity index (χ1) is 26.8. The maximum Gasteiger partial charge on any atom is 0.235 e. The molecule has 0 amide bonds. The second kappa shape index (κ2) is 11.1. The highest BCUT2D eigenvalue weighted by atomic mass is 16.3. The van der Waals surface area contributed by atoms with Gasteiger partial charge in [0.15, 0.2) is 0 Å². The van der Waals surface area contributed by atoms with Crippen LogP contribution in [-0.2, 0) is 0 Å². The quantitative estimate of drug-likeness (QED) is 0.174. The normalized spacial score (nSPS) is 12.1. The number of nitrogens with zero attached hydrogens (tertiary/aromatic N) is 3.